The molecule has 32 heavy (non-hydrogen) atoms. The molecule has 0 aliphatic carbocycles. The SMILES string of the molecule is Cc1nc(NCCNC(=O)C2CC(=O)N(c3ccc(Cl)cc3)C2)cc(N2CCCCC2)n1. The van der Waals surface area contributed by atoms with Gasteiger partial charge in [0, 0.05) is 55.9 Å². The summed E-state index contributed by atoms with van der Waals surface area (Å²) in [7, 11) is 0. The summed E-state index contributed by atoms with van der Waals surface area (Å²) in [5.41, 5.74) is 0.764. The first-order valence-electron chi connectivity index (χ1n) is 11.2. The number of nitrogens with zero attached hydrogens (tertiary/aromatic N) is 4. The number of aromatic nitrogens is 2. The van der Waals surface area contributed by atoms with Gasteiger partial charge in [0.15, 0.2) is 0 Å². The van der Waals surface area contributed by atoms with Crippen LogP contribution in [0.2, 0.25) is 5.02 Å². The molecule has 0 bridgehead atoms. The van der Waals surface area contributed by atoms with Crippen molar-refractivity contribution in [2.45, 2.75) is 32.6 Å². The van der Waals surface area contributed by atoms with Crippen molar-refractivity contribution in [2.75, 3.05) is 47.8 Å². The molecule has 4 rings (SSSR count). The van der Waals surface area contributed by atoms with Gasteiger partial charge in [-0.1, -0.05) is 11.6 Å². The molecule has 0 saturated carbocycles. The van der Waals surface area contributed by atoms with Gasteiger partial charge in [0.1, 0.15) is 17.5 Å². The van der Waals surface area contributed by atoms with Gasteiger partial charge in [-0.05, 0) is 50.5 Å². The monoisotopic (exact) mass is 456 g/mol. The number of amides is 2. The fourth-order valence-corrected chi connectivity index (χ4v) is 4.33. The van der Waals surface area contributed by atoms with Gasteiger partial charge < -0.3 is 20.4 Å². The molecule has 0 spiro atoms. The van der Waals surface area contributed by atoms with E-state index in [1.807, 2.05) is 13.0 Å². The fourth-order valence-electron chi connectivity index (χ4n) is 4.20. The molecule has 1 atom stereocenters. The minimum Gasteiger partial charge on any atom is -0.368 e. The van der Waals surface area contributed by atoms with Crippen LogP contribution < -0.4 is 20.4 Å². The summed E-state index contributed by atoms with van der Waals surface area (Å²) in [5.74, 6) is 1.93. The number of nitrogens with one attached hydrogen (secondary N) is 2. The van der Waals surface area contributed by atoms with Crippen LogP contribution in [0.5, 0.6) is 0 Å². The summed E-state index contributed by atoms with van der Waals surface area (Å²) in [4.78, 5) is 37.9. The predicted octanol–water partition coefficient (Wildman–Crippen LogP) is 3.01. The summed E-state index contributed by atoms with van der Waals surface area (Å²) in [6.45, 7) is 5.32. The number of hydrogen-bond donors (Lipinski definition) is 2. The lowest BCUT2D eigenvalue weighted by Crippen LogP contribution is -2.35. The Bertz CT molecular complexity index is 961. The fraction of sp³-hybridized carbons (Fsp3) is 0.478. The molecule has 1 aromatic heterocycles. The number of piperidine rings is 1. The molecule has 1 unspecified atom stereocenters. The zero-order valence-electron chi connectivity index (χ0n) is 18.3. The largest absolute Gasteiger partial charge is 0.368 e. The van der Waals surface area contributed by atoms with Crippen LogP contribution in [-0.2, 0) is 9.59 Å². The Morgan fingerprint density at radius 3 is 2.62 bits per heavy atom. The topological polar surface area (TPSA) is 90.5 Å². The Morgan fingerprint density at radius 2 is 1.88 bits per heavy atom. The highest BCUT2D eigenvalue weighted by Crippen LogP contribution is 2.26. The Labute approximate surface area is 193 Å². The summed E-state index contributed by atoms with van der Waals surface area (Å²) in [5, 5.41) is 6.83. The third-order valence-corrected chi connectivity index (χ3v) is 6.12. The normalized spacial score (nSPS) is 18.7. The first kappa shape index (κ1) is 22.3. The van der Waals surface area contributed by atoms with Crippen molar-refractivity contribution in [3.63, 3.8) is 0 Å². The lowest BCUT2D eigenvalue weighted by molar-refractivity contribution is -0.126. The van der Waals surface area contributed by atoms with Gasteiger partial charge in [-0.3, -0.25) is 9.59 Å². The van der Waals surface area contributed by atoms with E-state index >= 15 is 0 Å². The number of aryl methyl sites for hydroxylation is 1. The molecule has 0 radical (unpaired) electrons. The van der Waals surface area contributed by atoms with E-state index in [-0.39, 0.29) is 24.2 Å². The maximum absolute atomic E-state index is 12.6. The number of anilines is 3. The van der Waals surface area contributed by atoms with Crippen LogP contribution >= 0.6 is 11.6 Å². The van der Waals surface area contributed by atoms with Crippen LogP contribution in [0, 0.1) is 12.8 Å². The lowest BCUT2D eigenvalue weighted by Gasteiger charge is -2.28. The van der Waals surface area contributed by atoms with Gasteiger partial charge in [0.2, 0.25) is 11.8 Å². The Hall–Kier alpha value is -2.87. The average Bonchev–Trinajstić information content (AvgIpc) is 3.19. The Morgan fingerprint density at radius 1 is 1.12 bits per heavy atom. The molecule has 8 nitrogen and oxygen atoms in total. The quantitative estimate of drug-likeness (QED) is 0.622. The van der Waals surface area contributed by atoms with E-state index in [0.29, 0.717) is 24.7 Å². The zero-order chi connectivity index (χ0) is 22.5. The molecule has 9 heteroatoms. The van der Waals surface area contributed by atoms with Crippen molar-refractivity contribution in [2.24, 2.45) is 5.92 Å². The molecule has 2 aliphatic heterocycles. The third-order valence-electron chi connectivity index (χ3n) is 5.87. The van der Waals surface area contributed by atoms with E-state index in [4.69, 9.17) is 11.6 Å². The molecule has 3 heterocycles. The number of rotatable bonds is 7. The van der Waals surface area contributed by atoms with Gasteiger partial charge in [-0.15, -0.1) is 0 Å². The number of carbonyl (C=O) groups excluding carboxylic acids is 2. The molecule has 2 N–H and O–H groups in total. The van der Waals surface area contributed by atoms with E-state index in [0.717, 1.165) is 36.2 Å². The van der Waals surface area contributed by atoms with E-state index in [9.17, 15) is 9.59 Å². The van der Waals surface area contributed by atoms with Crippen molar-refractivity contribution in [1.29, 1.82) is 0 Å². The van der Waals surface area contributed by atoms with Gasteiger partial charge in [0.05, 0.1) is 5.92 Å². The van der Waals surface area contributed by atoms with Crippen molar-refractivity contribution >= 4 is 40.7 Å². The van der Waals surface area contributed by atoms with E-state index in [2.05, 4.69) is 25.5 Å². The van der Waals surface area contributed by atoms with Crippen molar-refractivity contribution in [3.05, 3.63) is 41.2 Å². The van der Waals surface area contributed by atoms with Gasteiger partial charge in [0.25, 0.3) is 0 Å². The summed E-state index contributed by atoms with van der Waals surface area (Å²) >= 11 is 5.92. The number of carbonyl (C=O) groups is 2. The van der Waals surface area contributed by atoms with Crippen molar-refractivity contribution in [3.8, 4) is 0 Å². The maximum atomic E-state index is 12.6. The second-order valence-corrected chi connectivity index (χ2v) is 8.74. The highest BCUT2D eigenvalue weighted by atomic mass is 35.5. The maximum Gasteiger partial charge on any atom is 0.227 e. The molecule has 170 valence electrons. The molecule has 2 aliphatic rings. The summed E-state index contributed by atoms with van der Waals surface area (Å²) in [6, 6.07) is 9.06. The van der Waals surface area contributed by atoms with E-state index in [1.54, 1.807) is 29.2 Å². The Balaban J connectivity index is 1.25. The summed E-state index contributed by atoms with van der Waals surface area (Å²) in [6.07, 6.45) is 3.87. The molecular formula is C23H29ClN6O2. The number of halogens is 1. The standard InChI is InChI=1S/C23H29ClN6O2/c1-16-27-20(14-21(28-16)29-11-3-2-4-12-29)25-9-10-26-23(32)17-13-22(31)30(15-17)19-7-5-18(24)6-8-19/h5-8,14,17H,2-4,9-13,15H2,1H3,(H,26,32)(H,25,27,28). The Kier molecular flexibility index (Phi) is 7.09. The van der Waals surface area contributed by atoms with Crippen LogP contribution in [-0.4, -0.2) is 54.5 Å². The summed E-state index contributed by atoms with van der Waals surface area (Å²) < 4.78 is 0. The highest BCUT2D eigenvalue weighted by Gasteiger charge is 2.34. The van der Waals surface area contributed by atoms with E-state index in [1.165, 1.54) is 19.3 Å². The minimum atomic E-state index is -0.356. The van der Waals surface area contributed by atoms with E-state index < -0.39 is 0 Å². The van der Waals surface area contributed by atoms with Gasteiger partial charge in [-0.2, -0.15) is 0 Å². The second kappa shape index (κ2) is 10.2. The van der Waals surface area contributed by atoms with Crippen molar-refractivity contribution < 1.29 is 9.59 Å². The predicted molar refractivity (Wildman–Crippen MR) is 126 cm³/mol. The number of benzene rings is 1. The molecule has 2 saturated heterocycles. The van der Waals surface area contributed by atoms with Crippen LogP contribution in [0.4, 0.5) is 17.3 Å². The van der Waals surface area contributed by atoms with Crippen LogP contribution in [0.15, 0.2) is 30.3 Å². The molecule has 1 aromatic carbocycles. The number of hydrogen-bond acceptors (Lipinski definition) is 6. The highest BCUT2D eigenvalue weighted by molar-refractivity contribution is 6.30. The molecule has 2 fully saturated rings. The zero-order valence-corrected chi connectivity index (χ0v) is 19.1. The first-order valence-corrected chi connectivity index (χ1v) is 11.6. The van der Waals surface area contributed by atoms with Crippen LogP contribution in [0.25, 0.3) is 0 Å². The van der Waals surface area contributed by atoms with Gasteiger partial charge >= 0.3 is 0 Å². The third kappa shape index (κ3) is 5.48. The average molecular weight is 457 g/mol. The van der Waals surface area contributed by atoms with Gasteiger partial charge in [-0.25, -0.2) is 9.97 Å². The molecule has 2 aromatic rings. The minimum absolute atomic E-state index is 0.0488. The lowest BCUT2D eigenvalue weighted by atomic mass is 10.1. The second-order valence-electron chi connectivity index (χ2n) is 8.31. The van der Waals surface area contributed by atoms with Crippen molar-refractivity contribution in [1.82, 2.24) is 15.3 Å². The molecule has 2 amide bonds. The smallest absolute Gasteiger partial charge is 0.227 e. The van der Waals surface area contributed by atoms with Crippen LogP contribution in [0.1, 0.15) is 31.5 Å². The van der Waals surface area contributed by atoms with Crippen LogP contribution in [0.3, 0.4) is 0 Å². The molecular weight excluding hydrogens is 428 g/mol. The first-order chi connectivity index (χ1) is 15.5.